The van der Waals surface area contributed by atoms with Crippen molar-refractivity contribution in [2.24, 2.45) is 0 Å². The molecule has 0 radical (unpaired) electrons. The van der Waals surface area contributed by atoms with Gasteiger partial charge in [-0.2, -0.15) is 0 Å². The Morgan fingerprint density at radius 1 is 1.11 bits per heavy atom. The van der Waals surface area contributed by atoms with Crippen LogP contribution < -0.4 is 15.5 Å². The number of benzene rings is 1. The first-order valence-corrected chi connectivity index (χ1v) is 7.02. The molecule has 0 saturated heterocycles. The van der Waals surface area contributed by atoms with Gasteiger partial charge in [0.05, 0.1) is 6.54 Å². The van der Waals surface area contributed by atoms with Crippen molar-refractivity contribution in [2.75, 3.05) is 31.1 Å². The molecule has 0 atom stereocenters. The van der Waals surface area contributed by atoms with Crippen LogP contribution in [0.3, 0.4) is 0 Å². The zero-order chi connectivity index (χ0) is 14.1. The standard InChI is InChI=1S/C15H25N3O/c1-4-16-11-13-7-9-14(10-8-13)18(6-3)12-15(19)17-5-2/h7-10,16H,4-6,11-12H2,1-3H3,(H,17,19). The fraction of sp³-hybridized carbons (Fsp3) is 0.533. The third-order valence-electron chi connectivity index (χ3n) is 2.97. The summed E-state index contributed by atoms with van der Waals surface area (Å²) in [5, 5.41) is 6.13. The van der Waals surface area contributed by atoms with Gasteiger partial charge in [0, 0.05) is 25.3 Å². The summed E-state index contributed by atoms with van der Waals surface area (Å²) < 4.78 is 0. The molecule has 19 heavy (non-hydrogen) atoms. The van der Waals surface area contributed by atoms with Crippen LogP contribution in [-0.4, -0.2) is 32.1 Å². The predicted octanol–water partition coefficient (Wildman–Crippen LogP) is 1.76. The summed E-state index contributed by atoms with van der Waals surface area (Å²) in [5.74, 6) is 0.0704. The number of carbonyl (C=O) groups is 1. The van der Waals surface area contributed by atoms with Gasteiger partial charge < -0.3 is 15.5 Å². The Bertz CT molecular complexity index is 375. The van der Waals surface area contributed by atoms with E-state index in [2.05, 4.69) is 53.6 Å². The van der Waals surface area contributed by atoms with Crippen molar-refractivity contribution in [1.82, 2.24) is 10.6 Å². The summed E-state index contributed by atoms with van der Waals surface area (Å²) in [5.41, 5.74) is 2.36. The van der Waals surface area contributed by atoms with Crippen molar-refractivity contribution in [3.8, 4) is 0 Å². The second-order valence-electron chi connectivity index (χ2n) is 4.41. The van der Waals surface area contributed by atoms with Crippen LogP contribution in [-0.2, 0) is 11.3 Å². The average Bonchev–Trinajstić information content (AvgIpc) is 2.43. The van der Waals surface area contributed by atoms with E-state index in [9.17, 15) is 4.79 Å². The van der Waals surface area contributed by atoms with Crippen LogP contribution in [0.25, 0.3) is 0 Å². The van der Waals surface area contributed by atoms with E-state index in [0.29, 0.717) is 13.1 Å². The van der Waals surface area contributed by atoms with Crippen molar-refractivity contribution in [3.05, 3.63) is 29.8 Å². The number of rotatable bonds is 8. The lowest BCUT2D eigenvalue weighted by Crippen LogP contribution is -2.37. The van der Waals surface area contributed by atoms with Crippen LogP contribution in [0, 0.1) is 0 Å². The molecule has 0 aliphatic heterocycles. The Hall–Kier alpha value is -1.55. The number of hydrogen-bond donors (Lipinski definition) is 2. The molecule has 4 heteroatoms. The third-order valence-corrected chi connectivity index (χ3v) is 2.97. The van der Waals surface area contributed by atoms with E-state index < -0.39 is 0 Å². The Balaban J connectivity index is 2.62. The Morgan fingerprint density at radius 2 is 1.79 bits per heavy atom. The lowest BCUT2D eigenvalue weighted by molar-refractivity contribution is -0.119. The number of amides is 1. The summed E-state index contributed by atoms with van der Waals surface area (Å²) in [6, 6.07) is 8.38. The van der Waals surface area contributed by atoms with E-state index in [1.807, 2.05) is 6.92 Å². The van der Waals surface area contributed by atoms with Gasteiger partial charge in [0.25, 0.3) is 0 Å². The minimum absolute atomic E-state index is 0.0704. The number of hydrogen-bond acceptors (Lipinski definition) is 3. The maximum Gasteiger partial charge on any atom is 0.239 e. The van der Waals surface area contributed by atoms with Gasteiger partial charge in [0.2, 0.25) is 5.91 Å². The topological polar surface area (TPSA) is 44.4 Å². The summed E-state index contributed by atoms with van der Waals surface area (Å²) >= 11 is 0. The summed E-state index contributed by atoms with van der Waals surface area (Å²) in [6.45, 7) is 9.87. The Morgan fingerprint density at radius 3 is 2.32 bits per heavy atom. The molecule has 1 rings (SSSR count). The second-order valence-corrected chi connectivity index (χ2v) is 4.41. The van der Waals surface area contributed by atoms with Crippen LogP contribution >= 0.6 is 0 Å². The second kappa shape index (κ2) is 8.53. The highest BCUT2D eigenvalue weighted by molar-refractivity contribution is 5.81. The zero-order valence-corrected chi connectivity index (χ0v) is 12.2. The van der Waals surface area contributed by atoms with E-state index >= 15 is 0 Å². The molecule has 0 heterocycles. The van der Waals surface area contributed by atoms with Gasteiger partial charge in [0.1, 0.15) is 0 Å². The van der Waals surface area contributed by atoms with Gasteiger partial charge in [-0.05, 0) is 38.1 Å². The quantitative estimate of drug-likeness (QED) is 0.751. The number of anilines is 1. The lowest BCUT2D eigenvalue weighted by atomic mass is 10.2. The fourth-order valence-corrected chi connectivity index (χ4v) is 1.91. The molecule has 0 fully saturated rings. The molecular formula is C15H25N3O. The largest absolute Gasteiger partial charge is 0.363 e. The van der Waals surface area contributed by atoms with E-state index in [-0.39, 0.29) is 5.91 Å². The van der Waals surface area contributed by atoms with Crippen molar-refractivity contribution >= 4 is 11.6 Å². The first-order chi connectivity index (χ1) is 9.21. The van der Waals surface area contributed by atoms with E-state index in [1.54, 1.807) is 0 Å². The van der Waals surface area contributed by atoms with Gasteiger partial charge in [-0.3, -0.25) is 4.79 Å². The molecule has 0 aromatic heterocycles. The van der Waals surface area contributed by atoms with Crippen LogP contribution in [0.5, 0.6) is 0 Å². The SMILES string of the molecule is CCNCc1ccc(N(CC)CC(=O)NCC)cc1. The number of carbonyl (C=O) groups excluding carboxylic acids is 1. The number of nitrogens with zero attached hydrogens (tertiary/aromatic N) is 1. The van der Waals surface area contributed by atoms with Crippen molar-refractivity contribution < 1.29 is 4.79 Å². The zero-order valence-electron chi connectivity index (χ0n) is 12.2. The molecule has 0 bridgehead atoms. The fourth-order valence-electron chi connectivity index (χ4n) is 1.91. The Kier molecular flexibility index (Phi) is 6.97. The molecule has 2 N–H and O–H groups in total. The normalized spacial score (nSPS) is 10.3. The number of nitrogens with one attached hydrogen (secondary N) is 2. The molecule has 1 aromatic carbocycles. The van der Waals surface area contributed by atoms with Gasteiger partial charge in [-0.1, -0.05) is 19.1 Å². The molecule has 4 nitrogen and oxygen atoms in total. The van der Waals surface area contributed by atoms with Crippen LogP contribution in [0.1, 0.15) is 26.3 Å². The molecule has 0 spiro atoms. The maximum atomic E-state index is 11.6. The molecule has 0 saturated carbocycles. The molecule has 106 valence electrons. The van der Waals surface area contributed by atoms with Crippen molar-refractivity contribution in [2.45, 2.75) is 27.3 Å². The lowest BCUT2D eigenvalue weighted by Gasteiger charge is -2.22. The summed E-state index contributed by atoms with van der Waals surface area (Å²) in [4.78, 5) is 13.7. The minimum Gasteiger partial charge on any atom is -0.363 e. The monoisotopic (exact) mass is 263 g/mol. The average molecular weight is 263 g/mol. The van der Waals surface area contributed by atoms with Gasteiger partial charge in [-0.15, -0.1) is 0 Å². The molecule has 0 aliphatic carbocycles. The van der Waals surface area contributed by atoms with E-state index in [4.69, 9.17) is 0 Å². The Labute approximate surface area is 116 Å². The molecular weight excluding hydrogens is 238 g/mol. The van der Waals surface area contributed by atoms with Crippen LogP contribution in [0.4, 0.5) is 5.69 Å². The smallest absolute Gasteiger partial charge is 0.239 e. The first kappa shape index (κ1) is 15.5. The highest BCUT2D eigenvalue weighted by atomic mass is 16.2. The van der Waals surface area contributed by atoms with Crippen LogP contribution in [0.15, 0.2) is 24.3 Å². The summed E-state index contributed by atoms with van der Waals surface area (Å²) in [7, 11) is 0. The molecule has 1 aromatic rings. The molecule has 0 aliphatic rings. The van der Waals surface area contributed by atoms with Gasteiger partial charge in [0.15, 0.2) is 0 Å². The first-order valence-electron chi connectivity index (χ1n) is 7.02. The van der Waals surface area contributed by atoms with Crippen LogP contribution in [0.2, 0.25) is 0 Å². The summed E-state index contributed by atoms with van der Waals surface area (Å²) in [6.07, 6.45) is 0. The third kappa shape index (κ3) is 5.30. The highest BCUT2D eigenvalue weighted by Crippen LogP contribution is 2.14. The van der Waals surface area contributed by atoms with E-state index in [1.165, 1.54) is 5.56 Å². The van der Waals surface area contributed by atoms with Crippen molar-refractivity contribution in [1.29, 1.82) is 0 Å². The maximum absolute atomic E-state index is 11.6. The van der Waals surface area contributed by atoms with Crippen molar-refractivity contribution in [3.63, 3.8) is 0 Å². The molecule has 0 unspecified atom stereocenters. The highest BCUT2D eigenvalue weighted by Gasteiger charge is 2.08. The van der Waals surface area contributed by atoms with E-state index in [0.717, 1.165) is 25.3 Å². The predicted molar refractivity (Wildman–Crippen MR) is 80.4 cm³/mol. The van der Waals surface area contributed by atoms with Gasteiger partial charge in [-0.25, -0.2) is 0 Å². The number of likely N-dealkylation sites (N-methyl/N-ethyl adjacent to an activating group) is 2. The molecule has 1 amide bonds. The van der Waals surface area contributed by atoms with Gasteiger partial charge >= 0.3 is 0 Å². The minimum atomic E-state index is 0.0704.